The van der Waals surface area contributed by atoms with Crippen LogP contribution in [0, 0.1) is 0 Å². The van der Waals surface area contributed by atoms with Crippen LogP contribution in [0.15, 0.2) is 115 Å². The van der Waals surface area contributed by atoms with E-state index in [1.807, 2.05) is 36.4 Å². The maximum absolute atomic E-state index is 2.24. The third kappa shape index (κ3) is 7.51. The molecule has 0 heterocycles. The van der Waals surface area contributed by atoms with Gasteiger partial charge in [-0.15, -0.1) is 39.7 Å². The molecular weight excluding hydrogens is 562 g/mol. The third-order valence-electron chi connectivity index (χ3n) is 4.29. The van der Waals surface area contributed by atoms with Gasteiger partial charge in [-0.1, -0.05) is 36.4 Å². The molecule has 0 radical (unpaired) electrons. The van der Waals surface area contributed by atoms with Gasteiger partial charge in [0.05, 0.1) is 0 Å². The van der Waals surface area contributed by atoms with Crippen molar-refractivity contribution in [1.82, 2.24) is 0 Å². The summed E-state index contributed by atoms with van der Waals surface area (Å²) in [4.78, 5) is 0. The average Bonchev–Trinajstić information content (AvgIpc) is 3.41. The predicted octanol–water partition coefficient (Wildman–Crippen LogP) is 0.899. The Bertz CT molecular complexity index is 1030. The molecule has 3 heteroatoms. The Morgan fingerprint density at radius 2 is 1.07 bits per heavy atom. The molecule has 0 bridgehead atoms. The van der Waals surface area contributed by atoms with E-state index >= 15 is 0 Å². The van der Waals surface area contributed by atoms with Crippen LogP contribution in [0.3, 0.4) is 0 Å². The van der Waals surface area contributed by atoms with Crippen LogP contribution in [0.1, 0.15) is 12.5 Å². The van der Waals surface area contributed by atoms with Crippen molar-refractivity contribution in [2.75, 3.05) is 0 Å². The molecule has 5 aromatic carbocycles. The van der Waals surface area contributed by atoms with Crippen molar-refractivity contribution in [1.29, 1.82) is 0 Å². The first-order valence-corrected chi connectivity index (χ1v) is 10.9. The Labute approximate surface area is 200 Å². The Morgan fingerprint density at radius 3 is 1.45 bits per heavy atom. The van der Waals surface area contributed by atoms with Gasteiger partial charge in [0.15, 0.2) is 0 Å². The van der Waals surface area contributed by atoms with Gasteiger partial charge < -0.3 is 24.8 Å². The number of rotatable bonds is 1. The summed E-state index contributed by atoms with van der Waals surface area (Å²) in [7, 11) is 0. The molecule has 0 fully saturated rings. The summed E-state index contributed by atoms with van der Waals surface area (Å²) in [6.07, 6.45) is 0. The number of hydrogen-bond donors (Lipinski definition) is 0. The largest absolute Gasteiger partial charge is 1.00 e. The Morgan fingerprint density at radius 1 is 0.621 bits per heavy atom. The quantitative estimate of drug-likeness (QED) is 0.203. The third-order valence-corrected chi connectivity index (χ3v) is 5.32. The molecule has 0 spiro atoms. The molecule has 0 atom stereocenters. The van der Waals surface area contributed by atoms with Gasteiger partial charge in [-0.2, -0.15) is 18.2 Å². The van der Waals surface area contributed by atoms with Crippen LogP contribution in [0.25, 0.3) is 21.5 Å². The molecule has 0 aliphatic heterocycles. The first-order valence-electron chi connectivity index (χ1n) is 9.06. The van der Waals surface area contributed by atoms with Crippen LogP contribution in [0.2, 0.25) is 0 Å². The zero-order valence-corrected chi connectivity index (χ0v) is 21.3. The number of halogens is 2. The van der Waals surface area contributed by atoms with E-state index in [0.717, 1.165) is 0 Å². The molecule has 0 unspecified atom stereocenters. The van der Waals surface area contributed by atoms with Crippen molar-refractivity contribution < 1.29 is 48.7 Å². The summed E-state index contributed by atoms with van der Waals surface area (Å²) < 4.78 is 1.51. The Balaban J connectivity index is 0.000000231. The first kappa shape index (κ1) is 25.2. The molecule has 5 aromatic rings. The average molecular weight is 584 g/mol. The van der Waals surface area contributed by atoms with Crippen molar-refractivity contribution in [2.45, 2.75) is 6.92 Å². The summed E-state index contributed by atoms with van der Waals surface area (Å²) in [5.74, 6) is 0. The number of hydrogen-bond acceptors (Lipinski definition) is 0. The molecule has 0 amide bonds. The summed E-state index contributed by atoms with van der Waals surface area (Å²) in [6.45, 7) is 2.18. The van der Waals surface area contributed by atoms with Crippen molar-refractivity contribution >= 4 is 24.8 Å². The maximum Gasteiger partial charge on any atom is -0.0771 e. The van der Waals surface area contributed by atoms with E-state index in [4.69, 9.17) is 0 Å². The van der Waals surface area contributed by atoms with Gasteiger partial charge in [0.1, 0.15) is 0 Å². The molecule has 0 N–H and O–H groups in total. The van der Waals surface area contributed by atoms with Gasteiger partial charge in [0.2, 0.25) is 0 Å². The van der Waals surface area contributed by atoms with Crippen LogP contribution in [-0.4, -0.2) is 3.26 Å². The molecule has 0 saturated carbocycles. The van der Waals surface area contributed by atoms with Gasteiger partial charge in [-0.25, -0.2) is 12.1 Å². The van der Waals surface area contributed by atoms with E-state index in [9.17, 15) is 0 Å². The topological polar surface area (TPSA) is 0 Å². The van der Waals surface area contributed by atoms with E-state index in [2.05, 4.69) is 85.8 Å². The second kappa shape index (κ2) is 13.4. The minimum atomic E-state index is 0. The van der Waals surface area contributed by atoms with Gasteiger partial charge in [-0.05, 0) is 0 Å². The van der Waals surface area contributed by atoms with E-state index in [0.29, 0.717) is 0 Å². The van der Waals surface area contributed by atoms with Gasteiger partial charge >= 0.3 is 70.0 Å². The van der Waals surface area contributed by atoms with Crippen LogP contribution in [0.5, 0.6) is 0 Å². The second-order valence-corrected chi connectivity index (χ2v) is 8.97. The molecule has 0 saturated heterocycles. The van der Waals surface area contributed by atoms with Crippen molar-refractivity contribution in [3.63, 3.8) is 0 Å². The molecule has 0 aliphatic carbocycles. The van der Waals surface area contributed by atoms with Crippen molar-refractivity contribution in [3.05, 3.63) is 121 Å². The second-order valence-electron chi connectivity index (χ2n) is 6.27. The molecule has 0 aliphatic rings. The minimum Gasteiger partial charge on any atom is -1.00 e. The molecule has 29 heavy (non-hydrogen) atoms. The molecular formula is C26H22Cl2Hf-2. The zero-order valence-electron chi connectivity index (χ0n) is 16.2. The van der Waals surface area contributed by atoms with E-state index in [1.165, 1.54) is 54.3 Å². The SMILES string of the molecule is C[C](=[Hf+2])c1ccccc1.[Cl-].[Cl-].c1cc[cH-]c1.c1ccc2c(c1)[cH-]c1ccccc12. The predicted molar refractivity (Wildman–Crippen MR) is 115 cm³/mol. The van der Waals surface area contributed by atoms with Crippen molar-refractivity contribution in [3.8, 4) is 0 Å². The first-order chi connectivity index (χ1) is 13.3. The van der Waals surface area contributed by atoms with Crippen molar-refractivity contribution in [2.24, 2.45) is 0 Å². The maximum atomic E-state index is 2.24. The van der Waals surface area contributed by atoms with E-state index in [1.54, 1.807) is 0 Å². The molecule has 146 valence electrons. The zero-order chi connectivity index (χ0) is 18.9. The summed E-state index contributed by atoms with van der Waals surface area (Å²) in [5.41, 5.74) is 1.39. The van der Waals surface area contributed by atoms with E-state index < -0.39 is 0 Å². The molecule has 0 aromatic heterocycles. The minimum absolute atomic E-state index is 0. The number of fused-ring (bicyclic) bond motifs is 3. The summed E-state index contributed by atoms with van der Waals surface area (Å²) in [5, 5.41) is 5.39. The smallest absolute Gasteiger partial charge is 0.0771 e. The fourth-order valence-electron chi connectivity index (χ4n) is 2.91. The van der Waals surface area contributed by atoms with Crippen LogP contribution in [0.4, 0.5) is 0 Å². The van der Waals surface area contributed by atoms with Gasteiger partial charge in [0.25, 0.3) is 0 Å². The molecule has 0 nitrogen and oxygen atoms in total. The van der Waals surface area contributed by atoms with Gasteiger partial charge in [0, 0.05) is 0 Å². The van der Waals surface area contributed by atoms with Crippen LogP contribution < -0.4 is 24.8 Å². The fraction of sp³-hybridized carbons (Fsp3) is 0.0385. The fourth-order valence-corrected chi connectivity index (χ4v) is 3.51. The monoisotopic (exact) mass is 584 g/mol. The van der Waals surface area contributed by atoms with Crippen LogP contribution >= 0.6 is 0 Å². The number of benzene rings is 3. The Kier molecular flexibility index (Phi) is 11.7. The van der Waals surface area contributed by atoms with Gasteiger partial charge in [-0.3, -0.25) is 0 Å². The molecule has 5 rings (SSSR count). The summed E-state index contributed by atoms with van der Waals surface area (Å²) >= 11 is 1.17. The Hall–Kier alpha value is -1.80. The summed E-state index contributed by atoms with van der Waals surface area (Å²) in [6, 6.07) is 39.8. The normalized spacial score (nSPS) is 9.21. The van der Waals surface area contributed by atoms with E-state index in [-0.39, 0.29) is 24.8 Å². The standard InChI is InChI=1S/C13H9.C8H8.C5H5.2ClH.Hf/c1-3-7-12-10(5-1)9-11-6-2-4-8-13(11)12;1-2-8-6-4-3-5-7-8;1-2-4-5-3-1;;;/h1-9H;3-7H,1H3;1-5H;2*1H;/q-1;;-1;;;+2/p-2. The van der Waals surface area contributed by atoms with Crippen LogP contribution in [-0.2, 0) is 23.9 Å².